The topological polar surface area (TPSA) is 87.7 Å². The van der Waals surface area contributed by atoms with E-state index < -0.39 is 6.10 Å². The van der Waals surface area contributed by atoms with Crippen LogP contribution in [0.5, 0.6) is 5.75 Å². The lowest BCUT2D eigenvalue weighted by molar-refractivity contribution is -0.125. The molecule has 1 atom stereocenters. The number of carbonyl (C=O) groups excluding carboxylic acids is 3. The third kappa shape index (κ3) is 4.82. The summed E-state index contributed by atoms with van der Waals surface area (Å²) in [6.45, 7) is 7.64. The van der Waals surface area contributed by atoms with Crippen LogP contribution in [0, 0.1) is 0 Å². The van der Waals surface area contributed by atoms with E-state index in [-0.39, 0.29) is 24.3 Å². The van der Waals surface area contributed by atoms with Gasteiger partial charge in [0.25, 0.3) is 11.8 Å². The van der Waals surface area contributed by atoms with Crippen molar-refractivity contribution in [1.29, 1.82) is 0 Å². The molecule has 0 aromatic heterocycles. The number of amides is 3. The smallest absolute Gasteiger partial charge is 0.268 e. The molecule has 2 aromatic rings. The van der Waals surface area contributed by atoms with Crippen molar-refractivity contribution in [1.82, 2.24) is 5.32 Å². The predicted octanol–water partition coefficient (Wildman–Crippen LogP) is 2.75. The Morgan fingerprint density at radius 2 is 1.90 bits per heavy atom. The van der Waals surface area contributed by atoms with Crippen LogP contribution in [0.3, 0.4) is 0 Å². The summed E-state index contributed by atoms with van der Waals surface area (Å²) in [6, 6.07) is 13.7. The molecule has 0 fully saturated rings. The average Bonchev–Trinajstić information content (AvgIpc) is 2.70. The Balaban J connectivity index is 1.66. The van der Waals surface area contributed by atoms with Gasteiger partial charge in [-0.1, -0.05) is 30.4 Å². The molecule has 2 N–H and O–H groups in total. The fourth-order valence-electron chi connectivity index (χ4n) is 2.98. The summed E-state index contributed by atoms with van der Waals surface area (Å²) >= 11 is 0. The molecule has 1 aliphatic heterocycles. The van der Waals surface area contributed by atoms with E-state index in [9.17, 15) is 14.4 Å². The summed E-state index contributed by atoms with van der Waals surface area (Å²) < 4.78 is 5.69. The Kier molecular flexibility index (Phi) is 5.97. The first-order chi connectivity index (χ1) is 13.8. The summed E-state index contributed by atoms with van der Waals surface area (Å²) in [7, 11) is 0. The number of nitrogens with one attached hydrogen (secondary N) is 2. The van der Waals surface area contributed by atoms with E-state index in [1.165, 1.54) is 0 Å². The molecule has 0 saturated heterocycles. The zero-order valence-corrected chi connectivity index (χ0v) is 16.4. The minimum Gasteiger partial charge on any atom is -0.479 e. The second-order valence-corrected chi connectivity index (χ2v) is 6.92. The average molecular weight is 393 g/mol. The Hall–Kier alpha value is -3.61. The molecule has 3 amide bonds. The van der Waals surface area contributed by atoms with Gasteiger partial charge in [0, 0.05) is 23.9 Å². The lowest BCUT2D eigenvalue weighted by atomic mass is 10.1. The normalized spacial score (nSPS) is 15.2. The number of benzene rings is 2. The molecule has 29 heavy (non-hydrogen) atoms. The second-order valence-electron chi connectivity index (χ2n) is 6.92. The van der Waals surface area contributed by atoms with Crippen molar-refractivity contribution in [2.45, 2.75) is 20.0 Å². The van der Waals surface area contributed by atoms with Gasteiger partial charge in [0.05, 0.1) is 12.2 Å². The SMILES string of the molecule is C=C(C)CN1C(=O)C(C)Oc2cc(NC(=O)CNC(=O)c3ccccc3)ccc21. The first-order valence-electron chi connectivity index (χ1n) is 9.24. The fraction of sp³-hybridized carbons (Fsp3) is 0.227. The highest BCUT2D eigenvalue weighted by molar-refractivity contribution is 6.02. The first-order valence-corrected chi connectivity index (χ1v) is 9.24. The van der Waals surface area contributed by atoms with Crippen molar-refractivity contribution in [2.24, 2.45) is 0 Å². The van der Waals surface area contributed by atoms with E-state index in [0.717, 1.165) is 5.57 Å². The second kappa shape index (κ2) is 8.60. The maximum Gasteiger partial charge on any atom is 0.268 e. The Morgan fingerprint density at radius 1 is 1.17 bits per heavy atom. The van der Waals surface area contributed by atoms with E-state index in [4.69, 9.17) is 4.74 Å². The molecule has 1 heterocycles. The largest absolute Gasteiger partial charge is 0.479 e. The maximum absolute atomic E-state index is 12.4. The highest BCUT2D eigenvalue weighted by Crippen LogP contribution is 2.36. The first kappa shape index (κ1) is 20.1. The van der Waals surface area contributed by atoms with Crippen molar-refractivity contribution in [3.05, 3.63) is 66.2 Å². The molecular formula is C22H23N3O4. The summed E-state index contributed by atoms with van der Waals surface area (Å²) in [6.07, 6.45) is -0.627. The standard InChI is InChI=1S/C22H23N3O4/c1-14(2)13-25-18-10-9-17(11-19(18)29-15(3)22(25)28)24-20(26)12-23-21(27)16-7-5-4-6-8-16/h4-11,15H,1,12-13H2,2-3H3,(H,23,27)(H,24,26). The van der Waals surface area contributed by atoms with Crippen LogP contribution < -0.4 is 20.3 Å². The summed E-state index contributed by atoms with van der Waals surface area (Å²) in [5, 5.41) is 5.30. The molecule has 2 aromatic carbocycles. The minimum absolute atomic E-state index is 0.138. The molecule has 1 unspecified atom stereocenters. The number of hydrogen-bond acceptors (Lipinski definition) is 4. The molecule has 0 saturated carbocycles. The van der Waals surface area contributed by atoms with E-state index in [2.05, 4.69) is 17.2 Å². The number of rotatable bonds is 6. The van der Waals surface area contributed by atoms with Crippen molar-refractivity contribution in [3.63, 3.8) is 0 Å². The Bertz CT molecular complexity index is 956. The third-order valence-corrected chi connectivity index (χ3v) is 4.33. The number of ether oxygens (including phenoxy) is 1. The van der Waals surface area contributed by atoms with Gasteiger partial charge in [0.1, 0.15) is 5.75 Å². The van der Waals surface area contributed by atoms with Crippen molar-refractivity contribution >= 4 is 29.1 Å². The molecule has 0 spiro atoms. The number of fused-ring (bicyclic) bond motifs is 1. The van der Waals surface area contributed by atoms with E-state index >= 15 is 0 Å². The highest BCUT2D eigenvalue weighted by Gasteiger charge is 2.31. The summed E-state index contributed by atoms with van der Waals surface area (Å²) in [5.74, 6) is -0.323. The lowest BCUT2D eigenvalue weighted by Gasteiger charge is -2.33. The van der Waals surface area contributed by atoms with Gasteiger partial charge >= 0.3 is 0 Å². The molecule has 7 heteroatoms. The van der Waals surface area contributed by atoms with Gasteiger partial charge in [-0.2, -0.15) is 0 Å². The molecule has 0 radical (unpaired) electrons. The summed E-state index contributed by atoms with van der Waals surface area (Å²) in [4.78, 5) is 38.3. The highest BCUT2D eigenvalue weighted by atomic mass is 16.5. The number of anilines is 2. The summed E-state index contributed by atoms with van der Waals surface area (Å²) in [5.41, 5.74) is 2.48. The van der Waals surface area contributed by atoms with Crippen molar-refractivity contribution < 1.29 is 19.1 Å². The number of hydrogen-bond donors (Lipinski definition) is 2. The zero-order valence-electron chi connectivity index (χ0n) is 16.4. The molecule has 0 aliphatic carbocycles. The van der Waals surface area contributed by atoms with E-state index in [0.29, 0.717) is 29.2 Å². The molecule has 3 rings (SSSR count). The minimum atomic E-state index is -0.627. The van der Waals surface area contributed by atoms with Crippen LogP contribution in [0.4, 0.5) is 11.4 Å². The van der Waals surface area contributed by atoms with Crippen LogP contribution in [0.15, 0.2) is 60.7 Å². The monoisotopic (exact) mass is 393 g/mol. The van der Waals surface area contributed by atoms with Crippen LogP contribution in [0.25, 0.3) is 0 Å². The van der Waals surface area contributed by atoms with Crippen LogP contribution in [-0.2, 0) is 9.59 Å². The molecule has 0 bridgehead atoms. The molecule has 150 valence electrons. The van der Waals surface area contributed by atoms with Gasteiger partial charge < -0.3 is 20.3 Å². The van der Waals surface area contributed by atoms with Crippen molar-refractivity contribution in [3.8, 4) is 5.75 Å². The molecule has 7 nitrogen and oxygen atoms in total. The van der Waals surface area contributed by atoms with E-state index in [1.54, 1.807) is 54.3 Å². The van der Waals surface area contributed by atoms with Crippen LogP contribution in [0.2, 0.25) is 0 Å². The van der Waals surface area contributed by atoms with Crippen LogP contribution in [-0.4, -0.2) is 36.9 Å². The lowest BCUT2D eigenvalue weighted by Crippen LogP contribution is -2.45. The predicted molar refractivity (Wildman–Crippen MR) is 111 cm³/mol. The number of nitrogens with zero attached hydrogens (tertiary/aromatic N) is 1. The van der Waals surface area contributed by atoms with Crippen LogP contribution in [0.1, 0.15) is 24.2 Å². The third-order valence-electron chi connectivity index (χ3n) is 4.33. The number of carbonyl (C=O) groups is 3. The van der Waals surface area contributed by atoms with Crippen molar-refractivity contribution in [2.75, 3.05) is 23.3 Å². The Labute approximate surface area is 169 Å². The van der Waals surface area contributed by atoms with Gasteiger partial charge in [-0.25, -0.2) is 0 Å². The molecular weight excluding hydrogens is 370 g/mol. The molecule has 1 aliphatic rings. The van der Waals surface area contributed by atoms with Gasteiger partial charge in [-0.3, -0.25) is 14.4 Å². The quantitative estimate of drug-likeness (QED) is 0.739. The van der Waals surface area contributed by atoms with Crippen LogP contribution >= 0.6 is 0 Å². The van der Waals surface area contributed by atoms with Gasteiger partial charge in [0.2, 0.25) is 5.91 Å². The van der Waals surface area contributed by atoms with Gasteiger partial charge in [-0.15, -0.1) is 0 Å². The Morgan fingerprint density at radius 3 is 2.59 bits per heavy atom. The van der Waals surface area contributed by atoms with E-state index in [1.807, 2.05) is 13.0 Å². The zero-order chi connectivity index (χ0) is 21.0. The van der Waals surface area contributed by atoms with Gasteiger partial charge in [-0.05, 0) is 38.1 Å². The maximum atomic E-state index is 12.4. The fourth-order valence-corrected chi connectivity index (χ4v) is 2.98. The van der Waals surface area contributed by atoms with Gasteiger partial charge in [0.15, 0.2) is 6.10 Å².